The van der Waals surface area contributed by atoms with Crippen molar-refractivity contribution >= 4 is 34.1 Å². The Morgan fingerprint density at radius 1 is 0.400 bits per heavy atom. The molecular formula is C42H39N3. The van der Waals surface area contributed by atoms with Crippen molar-refractivity contribution in [3.05, 3.63) is 181 Å². The second-order valence-electron chi connectivity index (χ2n) is 11.9. The maximum atomic E-state index is 7.12. The third-order valence-electron chi connectivity index (χ3n) is 9.31. The molecule has 0 aliphatic heterocycles. The highest BCUT2D eigenvalue weighted by Crippen LogP contribution is 2.46. The summed E-state index contributed by atoms with van der Waals surface area (Å²) in [5.41, 5.74) is 16.3. The van der Waals surface area contributed by atoms with Gasteiger partial charge in [-0.3, -0.25) is 0 Å². The molecule has 0 radical (unpaired) electrons. The smallest absolute Gasteiger partial charge is 0.0461 e. The van der Waals surface area contributed by atoms with E-state index in [0.717, 1.165) is 53.4 Å². The summed E-state index contributed by atoms with van der Waals surface area (Å²) < 4.78 is 0. The molecule has 222 valence electrons. The van der Waals surface area contributed by atoms with Gasteiger partial charge in [-0.2, -0.15) is 0 Å². The lowest BCUT2D eigenvalue weighted by Crippen LogP contribution is -2.48. The summed E-state index contributed by atoms with van der Waals surface area (Å²) in [5.74, 6) is 0. The first-order valence-electron chi connectivity index (χ1n) is 16.0. The number of anilines is 6. The summed E-state index contributed by atoms with van der Waals surface area (Å²) in [6, 6.07) is 60.6. The van der Waals surface area contributed by atoms with E-state index in [1.54, 1.807) is 0 Å². The maximum Gasteiger partial charge on any atom is 0.0461 e. The Labute approximate surface area is 267 Å². The molecule has 0 aromatic heterocycles. The van der Waals surface area contributed by atoms with Gasteiger partial charge in [0.05, 0.1) is 0 Å². The van der Waals surface area contributed by atoms with Gasteiger partial charge in [0.15, 0.2) is 0 Å². The quantitative estimate of drug-likeness (QED) is 0.193. The summed E-state index contributed by atoms with van der Waals surface area (Å²) in [6.07, 6.45) is 4.39. The zero-order valence-corrected chi connectivity index (χ0v) is 25.5. The van der Waals surface area contributed by atoms with Crippen LogP contribution in [0.5, 0.6) is 0 Å². The third-order valence-corrected chi connectivity index (χ3v) is 9.31. The van der Waals surface area contributed by atoms with Gasteiger partial charge in [-0.15, -0.1) is 0 Å². The fourth-order valence-corrected chi connectivity index (χ4v) is 7.10. The van der Waals surface area contributed by atoms with E-state index in [1.807, 2.05) is 0 Å². The van der Waals surface area contributed by atoms with E-state index in [9.17, 15) is 0 Å². The normalized spacial score (nSPS) is 15.7. The number of para-hydroxylation sites is 4. The van der Waals surface area contributed by atoms with Gasteiger partial charge in [0.2, 0.25) is 0 Å². The Balaban J connectivity index is 1.27. The Hall–Kier alpha value is -5.12. The minimum Gasteiger partial charge on any atom is -0.327 e. The highest BCUT2D eigenvalue weighted by Gasteiger charge is 2.42. The van der Waals surface area contributed by atoms with E-state index in [0.29, 0.717) is 0 Å². The van der Waals surface area contributed by atoms with Crippen molar-refractivity contribution in [2.24, 2.45) is 5.73 Å². The van der Waals surface area contributed by atoms with Crippen molar-refractivity contribution in [3.8, 4) is 0 Å². The maximum absolute atomic E-state index is 7.12. The summed E-state index contributed by atoms with van der Waals surface area (Å²) >= 11 is 0. The van der Waals surface area contributed by atoms with Gasteiger partial charge >= 0.3 is 0 Å². The van der Waals surface area contributed by atoms with Crippen LogP contribution in [-0.4, -0.2) is 6.04 Å². The predicted octanol–water partition coefficient (Wildman–Crippen LogP) is 10.8. The molecule has 3 heteroatoms. The van der Waals surface area contributed by atoms with Crippen LogP contribution >= 0.6 is 0 Å². The van der Waals surface area contributed by atoms with E-state index in [4.69, 9.17) is 5.73 Å². The molecule has 0 bridgehead atoms. The van der Waals surface area contributed by atoms with Crippen LogP contribution in [0.1, 0.15) is 36.8 Å². The number of rotatable bonds is 8. The second-order valence-corrected chi connectivity index (χ2v) is 11.9. The van der Waals surface area contributed by atoms with Crippen LogP contribution < -0.4 is 15.5 Å². The molecule has 0 heterocycles. The molecule has 1 aliphatic rings. The van der Waals surface area contributed by atoms with Crippen molar-refractivity contribution in [3.63, 3.8) is 0 Å². The Bertz CT molecular complexity index is 1580. The van der Waals surface area contributed by atoms with Crippen molar-refractivity contribution in [2.75, 3.05) is 9.80 Å². The van der Waals surface area contributed by atoms with Gasteiger partial charge in [0.25, 0.3) is 0 Å². The highest BCUT2D eigenvalue weighted by molar-refractivity contribution is 5.78. The van der Waals surface area contributed by atoms with E-state index in [2.05, 4.69) is 180 Å². The van der Waals surface area contributed by atoms with Gasteiger partial charge < -0.3 is 15.5 Å². The summed E-state index contributed by atoms with van der Waals surface area (Å²) in [7, 11) is 0. The molecule has 0 amide bonds. The molecule has 6 aromatic rings. The number of nitrogens with zero attached hydrogens (tertiary/aromatic N) is 2. The van der Waals surface area contributed by atoms with Gasteiger partial charge in [-0.1, -0.05) is 110 Å². The average Bonchev–Trinajstić information content (AvgIpc) is 3.11. The molecule has 6 aromatic carbocycles. The minimum atomic E-state index is -0.246. The van der Waals surface area contributed by atoms with E-state index >= 15 is 0 Å². The average molecular weight is 586 g/mol. The van der Waals surface area contributed by atoms with Gasteiger partial charge in [-0.05, 0) is 96.8 Å². The van der Waals surface area contributed by atoms with Gasteiger partial charge in [-0.25, -0.2) is 0 Å². The Morgan fingerprint density at radius 3 is 1.02 bits per heavy atom. The van der Waals surface area contributed by atoms with E-state index in [-0.39, 0.29) is 11.5 Å². The Kier molecular flexibility index (Phi) is 8.18. The molecule has 1 atom stereocenters. The van der Waals surface area contributed by atoms with Crippen molar-refractivity contribution < 1.29 is 0 Å². The first-order chi connectivity index (χ1) is 22.2. The lowest BCUT2D eigenvalue weighted by atomic mass is 9.62. The van der Waals surface area contributed by atoms with Crippen molar-refractivity contribution in [2.45, 2.75) is 37.1 Å². The van der Waals surface area contributed by atoms with E-state index in [1.165, 1.54) is 17.5 Å². The second kappa shape index (κ2) is 12.9. The van der Waals surface area contributed by atoms with Crippen LogP contribution in [-0.2, 0) is 5.41 Å². The minimum absolute atomic E-state index is 0.0432. The zero-order chi connectivity index (χ0) is 30.5. The lowest BCUT2D eigenvalue weighted by Gasteiger charge is -2.44. The number of nitrogens with two attached hydrogens (primary N) is 1. The van der Waals surface area contributed by atoms with Crippen molar-refractivity contribution in [1.82, 2.24) is 0 Å². The molecule has 45 heavy (non-hydrogen) atoms. The van der Waals surface area contributed by atoms with Crippen LogP contribution in [0.25, 0.3) is 0 Å². The number of benzene rings is 6. The fraction of sp³-hybridized carbons (Fsp3) is 0.143. The summed E-state index contributed by atoms with van der Waals surface area (Å²) in [5, 5.41) is 0. The lowest BCUT2D eigenvalue weighted by molar-refractivity contribution is 0.296. The fourth-order valence-electron chi connectivity index (χ4n) is 7.10. The molecule has 7 rings (SSSR count). The Morgan fingerprint density at radius 2 is 0.711 bits per heavy atom. The topological polar surface area (TPSA) is 32.5 Å². The van der Waals surface area contributed by atoms with Crippen LogP contribution in [0.3, 0.4) is 0 Å². The first kappa shape index (κ1) is 28.6. The molecule has 2 N–H and O–H groups in total. The van der Waals surface area contributed by atoms with Crippen LogP contribution in [0, 0.1) is 0 Å². The van der Waals surface area contributed by atoms with Crippen LogP contribution in [0.15, 0.2) is 170 Å². The van der Waals surface area contributed by atoms with Gasteiger partial charge in [0.1, 0.15) is 0 Å². The monoisotopic (exact) mass is 585 g/mol. The van der Waals surface area contributed by atoms with E-state index < -0.39 is 0 Å². The molecule has 0 spiro atoms. The largest absolute Gasteiger partial charge is 0.327 e. The number of hydrogen-bond donors (Lipinski definition) is 1. The zero-order valence-electron chi connectivity index (χ0n) is 25.5. The number of hydrogen-bond acceptors (Lipinski definition) is 3. The molecular weight excluding hydrogens is 546 g/mol. The van der Waals surface area contributed by atoms with Crippen LogP contribution in [0.2, 0.25) is 0 Å². The predicted molar refractivity (Wildman–Crippen MR) is 189 cm³/mol. The standard InChI is InChI=1S/C42H39N3/c43-41-23-13-14-32-42(41,33-24-28-39(29-25-33)44(35-15-5-1-6-16-35)36-17-7-2-8-18-36)34-26-30-40(31-27-34)45(37-19-9-3-10-20-37)38-21-11-4-12-22-38/h1-12,15-22,24-31,41H,13-14,23,32,43H2. The van der Waals surface area contributed by atoms with Crippen molar-refractivity contribution in [1.29, 1.82) is 0 Å². The molecule has 0 saturated heterocycles. The highest BCUT2D eigenvalue weighted by atomic mass is 15.1. The molecule has 1 unspecified atom stereocenters. The third kappa shape index (κ3) is 5.63. The first-order valence-corrected chi connectivity index (χ1v) is 16.0. The SMILES string of the molecule is NC1CCCCC1(c1ccc(N(c2ccccc2)c2ccccc2)cc1)c1ccc(N(c2ccccc2)c2ccccc2)cc1. The van der Waals surface area contributed by atoms with Crippen LogP contribution in [0.4, 0.5) is 34.1 Å². The summed E-state index contributed by atoms with van der Waals surface area (Å²) in [6.45, 7) is 0. The molecule has 1 saturated carbocycles. The van der Waals surface area contributed by atoms with Gasteiger partial charge in [0, 0.05) is 45.6 Å². The molecule has 1 aliphatic carbocycles. The summed E-state index contributed by atoms with van der Waals surface area (Å²) in [4.78, 5) is 4.63. The molecule has 3 nitrogen and oxygen atoms in total. The molecule has 1 fully saturated rings.